The number of ether oxygens (including phenoxy) is 1. The van der Waals surface area contributed by atoms with E-state index in [0.717, 1.165) is 40.0 Å². The molecule has 4 nitrogen and oxygen atoms in total. The van der Waals surface area contributed by atoms with Crippen LogP contribution in [0.3, 0.4) is 0 Å². The van der Waals surface area contributed by atoms with Crippen molar-refractivity contribution in [2.24, 2.45) is 0 Å². The van der Waals surface area contributed by atoms with E-state index in [1.807, 2.05) is 63.2 Å². The third-order valence-corrected chi connectivity index (χ3v) is 6.01. The Labute approximate surface area is 187 Å². The lowest BCUT2D eigenvalue weighted by Crippen LogP contribution is -2.24. The molecule has 0 bridgehead atoms. The van der Waals surface area contributed by atoms with Gasteiger partial charge < -0.3 is 9.84 Å². The van der Waals surface area contributed by atoms with Gasteiger partial charge in [0.2, 0.25) is 0 Å². The lowest BCUT2D eigenvalue weighted by Gasteiger charge is -2.20. The first-order valence-corrected chi connectivity index (χ1v) is 11.3. The zero-order valence-corrected chi connectivity index (χ0v) is 19.2. The van der Waals surface area contributed by atoms with Crippen LogP contribution < -0.4 is 0 Å². The van der Waals surface area contributed by atoms with Crippen LogP contribution in [0.5, 0.6) is 0 Å². The standard InChI is InChI=1S/C26H28O4S/c1-5-8-22-19(16-23(31-22)24(27)28)15-17-11-13-18(14-12-17)20-9-6-7-10-21(20)25(29)30-26(2,3)4/h6-7,9-14,16H,5,8,15H2,1-4H3,(H,27,28). The third kappa shape index (κ3) is 5.82. The summed E-state index contributed by atoms with van der Waals surface area (Å²) in [5, 5.41) is 9.33. The van der Waals surface area contributed by atoms with Crippen LogP contribution in [0.25, 0.3) is 11.1 Å². The number of esters is 1. The number of hydrogen-bond donors (Lipinski definition) is 1. The number of carboxylic acid groups (broad SMARTS) is 1. The smallest absolute Gasteiger partial charge is 0.345 e. The number of aryl methyl sites for hydroxylation is 1. The molecule has 0 aliphatic heterocycles. The van der Waals surface area contributed by atoms with Gasteiger partial charge in [-0.3, -0.25) is 0 Å². The molecule has 0 aliphatic rings. The van der Waals surface area contributed by atoms with Crippen molar-refractivity contribution >= 4 is 23.3 Å². The Morgan fingerprint density at radius 2 is 1.71 bits per heavy atom. The second-order valence-corrected chi connectivity index (χ2v) is 9.67. The molecule has 1 aromatic heterocycles. The van der Waals surface area contributed by atoms with E-state index in [4.69, 9.17) is 4.74 Å². The van der Waals surface area contributed by atoms with Crippen LogP contribution in [0.2, 0.25) is 0 Å². The molecule has 0 saturated carbocycles. The van der Waals surface area contributed by atoms with Crippen LogP contribution in [0, 0.1) is 0 Å². The molecule has 0 amide bonds. The first-order valence-electron chi connectivity index (χ1n) is 10.4. The largest absolute Gasteiger partial charge is 0.477 e. The van der Waals surface area contributed by atoms with Crippen molar-refractivity contribution in [1.82, 2.24) is 0 Å². The Hall–Kier alpha value is -2.92. The van der Waals surface area contributed by atoms with E-state index < -0.39 is 11.6 Å². The van der Waals surface area contributed by atoms with Gasteiger partial charge in [-0.2, -0.15) is 0 Å². The van der Waals surface area contributed by atoms with Crippen molar-refractivity contribution in [2.45, 2.75) is 52.6 Å². The number of hydrogen-bond acceptors (Lipinski definition) is 4. The van der Waals surface area contributed by atoms with Gasteiger partial charge in [0.05, 0.1) is 5.56 Å². The van der Waals surface area contributed by atoms with Crippen LogP contribution in [0.1, 0.15) is 70.1 Å². The minimum atomic E-state index is -0.872. The number of carboxylic acids is 1. The van der Waals surface area contributed by atoms with Crippen LogP contribution in [0.4, 0.5) is 0 Å². The summed E-state index contributed by atoms with van der Waals surface area (Å²) in [4.78, 5) is 25.5. The van der Waals surface area contributed by atoms with E-state index in [9.17, 15) is 14.7 Å². The normalized spacial score (nSPS) is 11.4. The number of carbonyl (C=O) groups excluding carboxylic acids is 1. The average molecular weight is 437 g/mol. The van der Waals surface area contributed by atoms with Gasteiger partial charge in [0.15, 0.2) is 0 Å². The minimum absolute atomic E-state index is 0.337. The highest BCUT2D eigenvalue weighted by molar-refractivity contribution is 7.14. The minimum Gasteiger partial charge on any atom is -0.477 e. The van der Waals surface area contributed by atoms with Crippen molar-refractivity contribution in [3.63, 3.8) is 0 Å². The van der Waals surface area contributed by atoms with Crippen molar-refractivity contribution < 1.29 is 19.4 Å². The lowest BCUT2D eigenvalue weighted by molar-refractivity contribution is 0.00702. The fourth-order valence-corrected chi connectivity index (χ4v) is 4.55. The maximum absolute atomic E-state index is 12.6. The predicted octanol–water partition coefficient (Wildman–Crippen LogP) is 6.61. The molecule has 162 valence electrons. The second-order valence-electron chi connectivity index (χ2n) is 8.54. The Morgan fingerprint density at radius 3 is 2.32 bits per heavy atom. The molecule has 0 fully saturated rings. The summed E-state index contributed by atoms with van der Waals surface area (Å²) in [5.74, 6) is -1.21. The van der Waals surface area contributed by atoms with Gasteiger partial charge in [0.25, 0.3) is 0 Å². The molecule has 0 unspecified atom stereocenters. The van der Waals surface area contributed by atoms with Crippen molar-refractivity contribution in [3.05, 3.63) is 81.0 Å². The van der Waals surface area contributed by atoms with Gasteiger partial charge in [0, 0.05) is 4.88 Å². The maximum atomic E-state index is 12.6. The van der Waals surface area contributed by atoms with Crippen LogP contribution in [0.15, 0.2) is 54.6 Å². The van der Waals surface area contributed by atoms with E-state index in [2.05, 4.69) is 6.92 Å². The molecular weight excluding hydrogens is 408 g/mol. The van der Waals surface area contributed by atoms with Crippen LogP contribution >= 0.6 is 11.3 Å². The van der Waals surface area contributed by atoms with Crippen LogP contribution in [-0.2, 0) is 17.6 Å². The highest BCUT2D eigenvalue weighted by Crippen LogP contribution is 2.29. The first-order chi connectivity index (χ1) is 14.7. The summed E-state index contributed by atoms with van der Waals surface area (Å²) < 4.78 is 5.56. The topological polar surface area (TPSA) is 63.6 Å². The number of aromatic carboxylic acids is 1. The highest BCUT2D eigenvalue weighted by Gasteiger charge is 2.20. The molecule has 3 aromatic rings. The number of carbonyl (C=O) groups is 2. The summed E-state index contributed by atoms with van der Waals surface area (Å²) in [7, 11) is 0. The molecule has 0 radical (unpaired) electrons. The summed E-state index contributed by atoms with van der Waals surface area (Å²) in [6, 6.07) is 17.3. The van der Waals surface area contributed by atoms with Gasteiger partial charge in [-0.1, -0.05) is 55.8 Å². The van der Waals surface area contributed by atoms with Gasteiger partial charge in [0.1, 0.15) is 10.5 Å². The van der Waals surface area contributed by atoms with Gasteiger partial charge in [-0.25, -0.2) is 9.59 Å². The Bertz CT molecular complexity index is 1070. The molecule has 2 aromatic carbocycles. The van der Waals surface area contributed by atoms with Crippen molar-refractivity contribution in [1.29, 1.82) is 0 Å². The SMILES string of the molecule is CCCc1sc(C(=O)O)cc1Cc1ccc(-c2ccccc2C(=O)OC(C)(C)C)cc1. The predicted molar refractivity (Wildman–Crippen MR) is 125 cm³/mol. The Morgan fingerprint density at radius 1 is 1.03 bits per heavy atom. The molecule has 0 spiro atoms. The average Bonchev–Trinajstić information content (AvgIpc) is 3.10. The van der Waals surface area contributed by atoms with Gasteiger partial charge >= 0.3 is 11.9 Å². The first kappa shape index (κ1) is 22.8. The lowest BCUT2D eigenvalue weighted by atomic mass is 9.96. The summed E-state index contributed by atoms with van der Waals surface area (Å²) in [6.45, 7) is 7.67. The van der Waals surface area contributed by atoms with E-state index in [1.165, 1.54) is 11.3 Å². The van der Waals surface area contributed by atoms with E-state index in [1.54, 1.807) is 12.1 Å². The molecule has 31 heavy (non-hydrogen) atoms. The van der Waals surface area contributed by atoms with Crippen LogP contribution in [-0.4, -0.2) is 22.6 Å². The zero-order valence-electron chi connectivity index (χ0n) is 18.4. The number of benzene rings is 2. The fraction of sp³-hybridized carbons (Fsp3) is 0.308. The number of thiophene rings is 1. The molecule has 5 heteroatoms. The zero-order chi connectivity index (χ0) is 22.6. The third-order valence-electron chi connectivity index (χ3n) is 4.79. The van der Waals surface area contributed by atoms with Crippen molar-refractivity contribution in [2.75, 3.05) is 0 Å². The Balaban J connectivity index is 1.85. The monoisotopic (exact) mass is 436 g/mol. The summed E-state index contributed by atoms with van der Waals surface area (Å²) >= 11 is 1.37. The second kappa shape index (κ2) is 9.48. The molecule has 0 saturated heterocycles. The molecule has 0 aliphatic carbocycles. The Kier molecular flexibility index (Phi) is 6.96. The van der Waals surface area contributed by atoms with Gasteiger partial charge in [-0.15, -0.1) is 11.3 Å². The molecule has 1 heterocycles. The molecular formula is C26H28O4S. The highest BCUT2D eigenvalue weighted by atomic mass is 32.1. The number of rotatable bonds is 7. The summed E-state index contributed by atoms with van der Waals surface area (Å²) in [6.07, 6.45) is 2.55. The summed E-state index contributed by atoms with van der Waals surface area (Å²) in [5.41, 5.74) is 3.94. The maximum Gasteiger partial charge on any atom is 0.345 e. The van der Waals surface area contributed by atoms with Gasteiger partial charge in [-0.05, 0) is 68.0 Å². The quantitative estimate of drug-likeness (QED) is 0.423. The van der Waals surface area contributed by atoms with Crippen molar-refractivity contribution in [3.8, 4) is 11.1 Å². The van der Waals surface area contributed by atoms with E-state index >= 15 is 0 Å². The van der Waals surface area contributed by atoms with E-state index in [0.29, 0.717) is 16.9 Å². The molecule has 1 N–H and O–H groups in total. The molecule has 3 rings (SSSR count). The fourth-order valence-electron chi connectivity index (χ4n) is 3.43. The molecule has 0 atom stereocenters. The van der Waals surface area contributed by atoms with E-state index in [-0.39, 0.29) is 5.97 Å².